The molecule has 3 heteroatoms. The number of halogens is 1. The maximum atomic E-state index is 5.68. The number of aryl methyl sites for hydroxylation is 1. The summed E-state index contributed by atoms with van der Waals surface area (Å²) in [6.07, 6.45) is 1.90. The van der Waals surface area contributed by atoms with Gasteiger partial charge in [-0.15, -0.1) is 11.6 Å². The van der Waals surface area contributed by atoms with Crippen LogP contribution < -0.4 is 9.47 Å². The first kappa shape index (κ1) is 12.2. The first-order chi connectivity index (χ1) is 7.24. The maximum Gasteiger partial charge on any atom is 0.128 e. The average molecular weight is 229 g/mol. The van der Waals surface area contributed by atoms with Crippen LogP contribution in [0.3, 0.4) is 0 Å². The highest BCUT2D eigenvalue weighted by molar-refractivity contribution is 6.17. The highest BCUT2D eigenvalue weighted by Crippen LogP contribution is 2.31. The van der Waals surface area contributed by atoms with E-state index in [9.17, 15) is 0 Å². The van der Waals surface area contributed by atoms with Crippen molar-refractivity contribution in [2.45, 2.75) is 19.8 Å². The van der Waals surface area contributed by atoms with Crippen LogP contribution in [0.1, 0.15) is 17.5 Å². The number of alkyl halides is 1. The topological polar surface area (TPSA) is 18.5 Å². The molecular formula is C12H17ClO2. The van der Waals surface area contributed by atoms with Crippen molar-refractivity contribution in [2.24, 2.45) is 0 Å². The lowest BCUT2D eigenvalue weighted by Gasteiger charge is -2.13. The molecule has 0 fully saturated rings. The van der Waals surface area contributed by atoms with Crippen molar-refractivity contribution in [3.05, 3.63) is 23.3 Å². The Bertz CT molecular complexity index is 324. The van der Waals surface area contributed by atoms with Gasteiger partial charge in [0.05, 0.1) is 14.2 Å². The van der Waals surface area contributed by atoms with Gasteiger partial charge in [0.2, 0.25) is 0 Å². The van der Waals surface area contributed by atoms with Gasteiger partial charge in [0.25, 0.3) is 0 Å². The van der Waals surface area contributed by atoms with Crippen LogP contribution in [-0.2, 0) is 6.42 Å². The maximum absolute atomic E-state index is 5.68. The molecule has 0 atom stereocenters. The molecule has 84 valence electrons. The van der Waals surface area contributed by atoms with E-state index in [0.29, 0.717) is 5.88 Å². The Balaban J connectivity index is 3.01. The predicted octanol–water partition coefficient (Wildman–Crippen LogP) is 3.18. The van der Waals surface area contributed by atoms with E-state index in [4.69, 9.17) is 21.1 Å². The highest BCUT2D eigenvalue weighted by Gasteiger charge is 2.10. The quantitative estimate of drug-likeness (QED) is 0.721. The third-order valence-electron chi connectivity index (χ3n) is 2.44. The van der Waals surface area contributed by atoms with Crippen molar-refractivity contribution < 1.29 is 9.47 Å². The van der Waals surface area contributed by atoms with E-state index in [1.807, 2.05) is 19.1 Å². The Labute approximate surface area is 96.2 Å². The molecule has 0 heterocycles. The van der Waals surface area contributed by atoms with E-state index in [2.05, 4.69) is 0 Å². The third kappa shape index (κ3) is 2.78. The minimum Gasteiger partial charge on any atom is -0.496 e. The molecular weight excluding hydrogens is 212 g/mol. The van der Waals surface area contributed by atoms with E-state index in [0.717, 1.165) is 29.9 Å². The standard InChI is InChI=1S/C12H17ClO2/c1-9-11(14-2)7-6-10(5-4-8-13)12(9)15-3/h6-7H,4-5,8H2,1-3H3. The molecule has 0 spiro atoms. The summed E-state index contributed by atoms with van der Waals surface area (Å²) in [6.45, 7) is 2.00. The largest absolute Gasteiger partial charge is 0.496 e. The molecule has 0 aromatic heterocycles. The fourth-order valence-electron chi connectivity index (χ4n) is 1.69. The first-order valence-electron chi connectivity index (χ1n) is 5.01. The summed E-state index contributed by atoms with van der Waals surface area (Å²) in [4.78, 5) is 0. The fraction of sp³-hybridized carbons (Fsp3) is 0.500. The lowest BCUT2D eigenvalue weighted by atomic mass is 10.0. The lowest BCUT2D eigenvalue weighted by molar-refractivity contribution is 0.385. The molecule has 0 bridgehead atoms. The molecule has 0 saturated heterocycles. The van der Waals surface area contributed by atoms with Gasteiger partial charge >= 0.3 is 0 Å². The monoisotopic (exact) mass is 228 g/mol. The SMILES string of the molecule is COc1ccc(CCCCl)c(OC)c1C. The van der Waals surface area contributed by atoms with E-state index in [1.54, 1.807) is 14.2 Å². The van der Waals surface area contributed by atoms with Crippen LogP contribution in [0.2, 0.25) is 0 Å². The van der Waals surface area contributed by atoms with Gasteiger partial charge in [-0.2, -0.15) is 0 Å². The van der Waals surface area contributed by atoms with Crippen LogP contribution in [0, 0.1) is 6.92 Å². The van der Waals surface area contributed by atoms with Crippen LogP contribution in [0.15, 0.2) is 12.1 Å². The summed E-state index contributed by atoms with van der Waals surface area (Å²) in [5.41, 5.74) is 2.24. The Morgan fingerprint density at radius 1 is 1.20 bits per heavy atom. The van der Waals surface area contributed by atoms with Gasteiger partial charge in [-0.05, 0) is 31.4 Å². The minimum atomic E-state index is 0.675. The van der Waals surface area contributed by atoms with Crippen LogP contribution in [-0.4, -0.2) is 20.1 Å². The highest BCUT2D eigenvalue weighted by atomic mass is 35.5. The van der Waals surface area contributed by atoms with E-state index in [-0.39, 0.29) is 0 Å². The van der Waals surface area contributed by atoms with Crippen LogP contribution in [0.5, 0.6) is 11.5 Å². The number of methoxy groups -OCH3 is 2. The van der Waals surface area contributed by atoms with Gasteiger partial charge in [-0.3, -0.25) is 0 Å². The second-order valence-electron chi connectivity index (χ2n) is 3.38. The van der Waals surface area contributed by atoms with E-state index >= 15 is 0 Å². The molecule has 0 amide bonds. The number of rotatable bonds is 5. The Morgan fingerprint density at radius 2 is 1.93 bits per heavy atom. The van der Waals surface area contributed by atoms with E-state index < -0.39 is 0 Å². The number of hydrogen-bond donors (Lipinski definition) is 0. The van der Waals surface area contributed by atoms with Gasteiger partial charge < -0.3 is 9.47 Å². The predicted molar refractivity (Wildman–Crippen MR) is 63.3 cm³/mol. The van der Waals surface area contributed by atoms with Crippen molar-refractivity contribution in [3.8, 4) is 11.5 Å². The molecule has 15 heavy (non-hydrogen) atoms. The Hall–Kier alpha value is -0.890. The van der Waals surface area contributed by atoms with Gasteiger partial charge in [0.15, 0.2) is 0 Å². The van der Waals surface area contributed by atoms with Gasteiger partial charge in [0.1, 0.15) is 11.5 Å². The molecule has 0 N–H and O–H groups in total. The molecule has 0 aliphatic heterocycles. The zero-order chi connectivity index (χ0) is 11.3. The van der Waals surface area contributed by atoms with Crippen molar-refractivity contribution in [1.29, 1.82) is 0 Å². The molecule has 0 unspecified atom stereocenters. The lowest BCUT2D eigenvalue weighted by Crippen LogP contribution is -1.98. The zero-order valence-corrected chi connectivity index (χ0v) is 10.2. The van der Waals surface area contributed by atoms with Crippen LogP contribution in [0.25, 0.3) is 0 Å². The summed E-state index contributed by atoms with van der Waals surface area (Å²) >= 11 is 5.68. The average Bonchev–Trinajstić information content (AvgIpc) is 2.26. The van der Waals surface area contributed by atoms with Crippen molar-refractivity contribution >= 4 is 11.6 Å². The van der Waals surface area contributed by atoms with E-state index in [1.165, 1.54) is 5.56 Å². The molecule has 1 aromatic rings. The third-order valence-corrected chi connectivity index (χ3v) is 2.71. The van der Waals surface area contributed by atoms with Crippen LogP contribution in [0.4, 0.5) is 0 Å². The Morgan fingerprint density at radius 3 is 2.47 bits per heavy atom. The first-order valence-corrected chi connectivity index (χ1v) is 5.54. The molecule has 1 aromatic carbocycles. The summed E-state index contributed by atoms with van der Waals surface area (Å²) in [5.74, 6) is 2.45. The van der Waals surface area contributed by atoms with Crippen molar-refractivity contribution in [1.82, 2.24) is 0 Å². The molecule has 0 radical (unpaired) electrons. The smallest absolute Gasteiger partial charge is 0.128 e. The fourth-order valence-corrected chi connectivity index (χ4v) is 1.82. The van der Waals surface area contributed by atoms with Gasteiger partial charge in [-0.1, -0.05) is 6.07 Å². The second-order valence-corrected chi connectivity index (χ2v) is 3.76. The Kier molecular flexibility index (Phi) is 4.76. The molecule has 2 nitrogen and oxygen atoms in total. The summed E-state index contributed by atoms with van der Waals surface area (Å²) in [5, 5.41) is 0. The van der Waals surface area contributed by atoms with Crippen molar-refractivity contribution in [3.63, 3.8) is 0 Å². The van der Waals surface area contributed by atoms with Crippen LogP contribution >= 0.6 is 11.6 Å². The molecule has 1 rings (SSSR count). The molecule has 0 aliphatic rings. The number of ether oxygens (including phenoxy) is 2. The zero-order valence-electron chi connectivity index (χ0n) is 9.47. The minimum absolute atomic E-state index is 0.675. The van der Waals surface area contributed by atoms with Gasteiger partial charge in [0, 0.05) is 11.4 Å². The second kappa shape index (κ2) is 5.86. The summed E-state index contributed by atoms with van der Waals surface area (Å²) in [6, 6.07) is 4.01. The van der Waals surface area contributed by atoms with Crippen molar-refractivity contribution in [2.75, 3.05) is 20.1 Å². The summed E-state index contributed by atoms with van der Waals surface area (Å²) < 4.78 is 10.6. The number of benzene rings is 1. The molecule has 0 aliphatic carbocycles. The van der Waals surface area contributed by atoms with Gasteiger partial charge in [-0.25, -0.2) is 0 Å². The normalized spacial score (nSPS) is 10.1. The number of hydrogen-bond acceptors (Lipinski definition) is 2. The summed E-state index contributed by atoms with van der Waals surface area (Å²) in [7, 11) is 3.35. The molecule has 0 saturated carbocycles.